The average Bonchev–Trinajstić information content (AvgIpc) is 0.727. The van der Waals surface area contributed by atoms with Gasteiger partial charge >= 0.3 is 0 Å². The highest BCUT2D eigenvalue weighted by Gasteiger charge is 2.47. The molecule has 0 bridgehead atoms. The minimum Gasteiger partial charge on any atom is -0.356 e. The Kier molecular flexibility index (Phi) is 22.3. The Bertz CT molecular complexity index is 4510. The molecule has 0 unspecified atom stereocenters. The average molecular weight is 1490 g/mol. The lowest BCUT2D eigenvalue weighted by atomic mass is 10.1. The zero-order valence-corrected chi connectivity index (χ0v) is 63.0. The first-order chi connectivity index (χ1) is 48.2. The van der Waals surface area contributed by atoms with Gasteiger partial charge in [-0.3, -0.25) is 0 Å². The third-order valence-corrected chi connectivity index (χ3v) is 30.1. The van der Waals surface area contributed by atoms with Gasteiger partial charge < -0.3 is 15.1 Å². The largest absolute Gasteiger partial charge is 0.356 e. The number of anilines is 8. The molecule has 99 heavy (non-hydrogen) atoms. The van der Waals surface area contributed by atoms with Crippen molar-refractivity contribution in [2.24, 2.45) is 0 Å². The number of rotatable bonds is 16. The molecule has 1 aliphatic carbocycles. The van der Waals surface area contributed by atoms with Crippen LogP contribution in [0.15, 0.2) is 360 Å². The van der Waals surface area contributed by atoms with E-state index < -0.39 is 16.1 Å². The van der Waals surface area contributed by atoms with E-state index in [2.05, 4.69) is 428 Å². The van der Waals surface area contributed by atoms with Crippen LogP contribution in [-0.4, -0.2) is 16.1 Å². The lowest BCUT2D eigenvalue weighted by molar-refractivity contribution is 1.24. The number of nitrogens with zero attached hydrogens (tertiary/aromatic N) is 2. The van der Waals surface area contributed by atoms with E-state index in [1.165, 1.54) is 74.9 Å². The second-order valence-electron chi connectivity index (χ2n) is 25.1. The number of hydrogen-bond donors (Lipinski definition) is 1. The van der Waals surface area contributed by atoms with Crippen LogP contribution in [0, 0.1) is 47.6 Å². The van der Waals surface area contributed by atoms with E-state index in [0.29, 0.717) is 10.0 Å². The van der Waals surface area contributed by atoms with Crippen molar-refractivity contribution >= 4 is 153 Å². The number of benzene rings is 13. The Labute approximate surface area is 614 Å². The number of nitrogens with one attached hydrogen (secondary N) is 1. The summed E-state index contributed by atoms with van der Waals surface area (Å²) < 4.78 is 1.79. The van der Waals surface area contributed by atoms with Crippen LogP contribution in [0.2, 0.25) is 10.0 Å². The van der Waals surface area contributed by atoms with Gasteiger partial charge in [0.1, 0.15) is 12.2 Å². The Morgan fingerprint density at radius 3 is 0.869 bits per heavy atom. The van der Waals surface area contributed by atoms with Crippen molar-refractivity contribution in [1.29, 1.82) is 0 Å². The summed E-state index contributed by atoms with van der Waals surface area (Å²) in [7, 11) is -5.55. The maximum absolute atomic E-state index is 8.02. The van der Waals surface area contributed by atoms with Gasteiger partial charge in [-0.1, -0.05) is 281 Å². The summed E-state index contributed by atoms with van der Waals surface area (Å²) in [5, 5.41) is 15.1. The molecule has 0 aromatic heterocycles. The molecule has 1 N–H and O–H groups in total. The molecular weight excluding hydrogens is 1410 g/mol. The van der Waals surface area contributed by atoms with Gasteiger partial charge in [0.25, 0.3) is 0 Å². The summed E-state index contributed by atoms with van der Waals surface area (Å²) in [6.07, 6.45) is 11.6. The van der Waals surface area contributed by atoms with Crippen LogP contribution in [0.1, 0.15) is 33.4 Å². The van der Waals surface area contributed by atoms with E-state index in [1.807, 2.05) is 12.2 Å². The Morgan fingerprint density at radius 2 is 0.586 bits per heavy atom. The zero-order valence-electron chi connectivity index (χ0n) is 56.3. The van der Waals surface area contributed by atoms with Crippen LogP contribution >= 0.6 is 55.1 Å². The van der Waals surface area contributed by atoms with Crippen LogP contribution < -0.4 is 51.4 Å². The highest BCUT2D eigenvalue weighted by atomic mass is 79.9. The van der Waals surface area contributed by atoms with Gasteiger partial charge in [-0.25, -0.2) is 0 Å². The normalized spacial score (nSPS) is 11.6. The summed E-state index contributed by atoms with van der Waals surface area (Å²) in [5.41, 5.74) is 15.6. The molecule has 0 saturated heterocycles. The molecular formula is C90H76Br2Cl2N3Si2+. The van der Waals surface area contributed by atoms with Crippen LogP contribution in [0.4, 0.5) is 45.5 Å². The van der Waals surface area contributed by atoms with Gasteiger partial charge in [0.05, 0.1) is 26.6 Å². The van der Waals surface area contributed by atoms with Crippen LogP contribution in [-0.2, 0) is 0 Å². The molecule has 1 aliphatic rings. The Balaban J connectivity index is 0.000000177. The van der Waals surface area contributed by atoms with Gasteiger partial charge in [-0.2, -0.15) is 0 Å². The van der Waals surface area contributed by atoms with Crippen LogP contribution in [0.25, 0.3) is 0 Å². The van der Waals surface area contributed by atoms with E-state index >= 15 is 0 Å². The predicted molar refractivity (Wildman–Crippen MR) is 438 cm³/mol. The van der Waals surface area contributed by atoms with Crippen molar-refractivity contribution in [2.45, 2.75) is 41.5 Å². The Hall–Kier alpha value is -9.64. The third-order valence-electron chi connectivity index (χ3n) is 18.1. The fourth-order valence-corrected chi connectivity index (χ4v) is 24.6. The Morgan fingerprint density at radius 1 is 0.313 bits per heavy atom. The van der Waals surface area contributed by atoms with Crippen molar-refractivity contribution in [3.05, 3.63) is 409 Å². The third kappa shape index (κ3) is 15.5. The summed E-state index contributed by atoms with van der Waals surface area (Å²) in [6, 6.07) is 116. The fourth-order valence-electron chi connectivity index (χ4n) is 13.1. The minimum atomic E-state index is -3.03. The second kappa shape index (κ2) is 31.9. The molecule has 0 fully saturated rings. The van der Waals surface area contributed by atoms with Crippen molar-refractivity contribution in [3.8, 4) is 0 Å². The highest BCUT2D eigenvalue weighted by molar-refractivity contribution is 9.11. The van der Waals surface area contributed by atoms with Gasteiger partial charge in [-0.15, -0.1) is 0 Å². The number of hydrogen-bond acceptors (Lipinski definition) is 3. The molecule has 0 aliphatic heterocycles. The summed E-state index contributed by atoms with van der Waals surface area (Å²) in [4.78, 5) is 4.66. The van der Waals surface area contributed by atoms with Gasteiger partial charge in [0.2, 0.25) is 8.07 Å². The number of allylic oxidation sites excluding steroid dienone is 6. The van der Waals surface area contributed by atoms with Crippen LogP contribution in [0.5, 0.6) is 0 Å². The molecule has 486 valence electrons. The van der Waals surface area contributed by atoms with E-state index in [4.69, 9.17) is 23.2 Å². The first kappa shape index (κ1) is 69.3. The van der Waals surface area contributed by atoms with E-state index in [9.17, 15) is 0 Å². The summed E-state index contributed by atoms with van der Waals surface area (Å²) >= 11 is 21.8. The summed E-state index contributed by atoms with van der Waals surface area (Å²) in [6.45, 7) is 12.7. The molecule has 0 spiro atoms. The first-order valence-corrected chi connectivity index (χ1v) is 39.6. The summed E-state index contributed by atoms with van der Waals surface area (Å²) in [5.74, 6) is 0. The minimum absolute atomic E-state index is 0.660. The molecule has 13 aromatic rings. The predicted octanol–water partition coefficient (Wildman–Crippen LogP) is 21.7. The molecule has 0 amide bonds. The number of aryl methyl sites for hydroxylation is 6. The molecule has 0 heterocycles. The molecule has 13 aromatic carbocycles. The monoisotopic (exact) mass is 1480 g/mol. The van der Waals surface area contributed by atoms with Crippen molar-refractivity contribution in [3.63, 3.8) is 0 Å². The maximum Gasteiger partial charge on any atom is 0.212 e. The SMILES string of the molecule is Cc1ccc(N(c2ccc(C)cc2)c2cc([Si](c3ccccc3)(c3ccccc3)c3ccccc3)cc(N(c3ccc(C)cc3)c3ccc(C)cc3)c2Cl)cc1.Cc1ccc(Nc2ccc(C)cc2)cc1.Clc1c(Br)cc([Si](C2=CC=[C+]C=C2)(c2ccccc2)c2ccccc2)cc1Br. The quantitative estimate of drug-likeness (QED) is 0.0450. The molecule has 9 heteroatoms. The second-order valence-corrected chi connectivity index (χ2v) is 35.2. The van der Waals surface area contributed by atoms with Gasteiger partial charge in [0.15, 0.2) is 8.07 Å². The van der Waals surface area contributed by atoms with E-state index in [0.717, 1.165) is 54.4 Å². The van der Waals surface area contributed by atoms with Crippen molar-refractivity contribution in [1.82, 2.24) is 0 Å². The molecule has 3 nitrogen and oxygen atoms in total. The molecule has 0 saturated carbocycles. The topological polar surface area (TPSA) is 18.5 Å². The molecule has 14 rings (SSSR count). The van der Waals surface area contributed by atoms with Crippen LogP contribution in [0.3, 0.4) is 0 Å². The smallest absolute Gasteiger partial charge is 0.212 e. The highest BCUT2D eigenvalue weighted by Crippen LogP contribution is 2.47. The maximum atomic E-state index is 8.02. The lowest BCUT2D eigenvalue weighted by Gasteiger charge is -2.38. The first-order valence-electron chi connectivity index (χ1n) is 33.2. The molecule has 0 radical (unpaired) electrons. The molecule has 0 atom stereocenters. The standard InChI is InChI=1S/C52H45ClN2Si.C24H16Br2ClSi.C14H15N/c1-38-20-28-42(29-21-38)54(43-30-22-39(2)23-31-43)50-36-49(37-51(52(50)53)55(44-32-24-40(3)25-33-44)45-34-26-41(4)27-35-45)56(46-14-8-5-9-15-46,47-16-10-6-11-17-47)48-18-12-7-13-19-48;25-22-16-21(17-23(26)24(22)27)28(18-10-4-1-5-11-18,19-12-6-2-7-13-19)20-14-8-3-9-15-20;1-11-3-7-13(8-4-11)15-14-9-5-12(2)6-10-14/h5-37H,1-4H3;1-2,4-17H;3-10,15H,1-2H3/q;+1;. The number of halogens is 4. The van der Waals surface area contributed by atoms with E-state index in [1.54, 1.807) is 0 Å². The van der Waals surface area contributed by atoms with Crippen molar-refractivity contribution < 1.29 is 0 Å². The van der Waals surface area contributed by atoms with Crippen molar-refractivity contribution in [2.75, 3.05) is 15.1 Å². The van der Waals surface area contributed by atoms with Gasteiger partial charge in [0, 0.05) is 61.3 Å². The zero-order chi connectivity index (χ0) is 68.9. The fraction of sp³-hybridized carbons (Fsp3) is 0.0667. The van der Waals surface area contributed by atoms with E-state index in [-0.39, 0.29) is 0 Å². The van der Waals surface area contributed by atoms with Gasteiger partial charge in [-0.05, 0) is 207 Å². The lowest BCUT2D eigenvalue weighted by Crippen LogP contribution is -2.74.